The molecule has 6 nitrogen and oxygen atoms in total. The summed E-state index contributed by atoms with van der Waals surface area (Å²) in [7, 11) is 1.25. The van der Waals surface area contributed by atoms with Gasteiger partial charge in [0.15, 0.2) is 11.6 Å². The topological polar surface area (TPSA) is 65.1 Å². The van der Waals surface area contributed by atoms with Crippen LogP contribution >= 0.6 is 0 Å². The second-order valence-corrected chi connectivity index (χ2v) is 8.14. The summed E-state index contributed by atoms with van der Waals surface area (Å²) in [4.78, 5) is 26.5. The van der Waals surface area contributed by atoms with Gasteiger partial charge in [0, 0.05) is 12.0 Å². The smallest absolute Gasteiger partial charge is 0.411 e. The van der Waals surface area contributed by atoms with Crippen LogP contribution in [0.2, 0.25) is 0 Å². The second-order valence-electron chi connectivity index (χ2n) is 8.14. The van der Waals surface area contributed by atoms with Crippen molar-refractivity contribution in [3.63, 3.8) is 0 Å². The third kappa shape index (κ3) is 4.90. The number of methoxy groups -OCH3 is 1. The highest BCUT2D eigenvalue weighted by Gasteiger charge is 2.39. The van der Waals surface area contributed by atoms with Gasteiger partial charge in [-0.25, -0.2) is 14.0 Å². The number of benzene rings is 2. The predicted molar refractivity (Wildman–Crippen MR) is 108 cm³/mol. The number of hydrogen-bond donors (Lipinski definition) is 0. The van der Waals surface area contributed by atoms with E-state index in [1.54, 1.807) is 26.8 Å². The van der Waals surface area contributed by atoms with E-state index < -0.39 is 29.5 Å². The van der Waals surface area contributed by atoms with Crippen LogP contribution in [0.4, 0.5) is 9.18 Å². The monoisotopic (exact) mass is 415 g/mol. The molecule has 7 heteroatoms. The van der Waals surface area contributed by atoms with Crippen molar-refractivity contribution in [3.8, 4) is 5.75 Å². The third-order valence-electron chi connectivity index (χ3n) is 4.75. The fourth-order valence-corrected chi connectivity index (χ4v) is 3.35. The van der Waals surface area contributed by atoms with Gasteiger partial charge in [0.05, 0.1) is 13.7 Å². The van der Waals surface area contributed by atoms with Crippen LogP contribution in [0.1, 0.15) is 37.5 Å². The number of amides is 1. The Kier molecular flexibility index (Phi) is 6.29. The van der Waals surface area contributed by atoms with Crippen LogP contribution in [-0.4, -0.2) is 35.7 Å². The van der Waals surface area contributed by atoms with Crippen LogP contribution in [0, 0.1) is 5.82 Å². The lowest BCUT2D eigenvalue weighted by molar-refractivity contribution is -0.147. The minimum Gasteiger partial charge on any atom is -0.486 e. The van der Waals surface area contributed by atoms with Gasteiger partial charge >= 0.3 is 12.1 Å². The Morgan fingerprint density at radius 2 is 1.83 bits per heavy atom. The van der Waals surface area contributed by atoms with Gasteiger partial charge in [0.1, 0.15) is 18.2 Å². The van der Waals surface area contributed by atoms with Crippen molar-refractivity contribution in [1.82, 2.24) is 4.90 Å². The molecule has 2 aromatic carbocycles. The van der Waals surface area contributed by atoms with E-state index in [9.17, 15) is 14.0 Å². The number of esters is 1. The van der Waals surface area contributed by atoms with Crippen LogP contribution in [0.3, 0.4) is 0 Å². The molecule has 1 atom stereocenters. The highest BCUT2D eigenvalue weighted by Crippen LogP contribution is 2.34. The summed E-state index contributed by atoms with van der Waals surface area (Å²) in [5.41, 5.74) is 1.43. The van der Waals surface area contributed by atoms with Crippen LogP contribution in [0.25, 0.3) is 0 Å². The molecule has 0 saturated heterocycles. The first-order valence-corrected chi connectivity index (χ1v) is 9.74. The molecule has 3 rings (SSSR count). The van der Waals surface area contributed by atoms with E-state index in [1.165, 1.54) is 18.1 Å². The first kappa shape index (κ1) is 21.6. The minimum atomic E-state index is -0.932. The molecule has 1 heterocycles. The number of carbonyl (C=O) groups excluding carboxylic acids is 2. The maximum Gasteiger partial charge on any atom is 0.411 e. The second kappa shape index (κ2) is 8.73. The van der Waals surface area contributed by atoms with Gasteiger partial charge in [0.25, 0.3) is 0 Å². The first-order valence-electron chi connectivity index (χ1n) is 9.74. The Labute approximate surface area is 175 Å². The van der Waals surface area contributed by atoms with E-state index in [1.807, 2.05) is 30.3 Å². The van der Waals surface area contributed by atoms with E-state index in [0.29, 0.717) is 11.1 Å². The molecular weight excluding hydrogens is 389 g/mol. The van der Waals surface area contributed by atoms with Crippen molar-refractivity contribution in [3.05, 3.63) is 65.0 Å². The van der Waals surface area contributed by atoms with Crippen molar-refractivity contribution in [1.29, 1.82) is 0 Å². The number of carbonyl (C=O) groups is 2. The quantitative estimate of drug-likeness (QED) is 0.699. The first-order chi connectivity index (χ1) is 14.2. The molecule has 0 aliphatic carbocycles. The van der Waals surface area contributed by atoms with Crippen molar-refractivity contribution < 1.29 is 28.2 Å². The van der Waals surface area contributed by atoms with E-state index in [2.05, 4.69) is 0 Å². The fourth-order valence-electron chi connectivity index (χ4n) is 3.35. The van der Waals surface area contributed by atoms with Gasteiger partial charge < -0.3 is 14.2 Å². The number of hydrogen-bond acceptors (Lipinski definition) is 5. The maximum absolute atomic E-state index is 14.6. The highest BCUT2D eigenvalue weighted by molar-refractivity contribution is 5.82. The van der Waals surface area contributed by atoms with Crippen molar-refractivity contribution in [2.45, 2.75) is 52.0 Å². The lowest BCUT2D eigenvalue weighted by Gasteiger charge is -2.36. The molecule has 0 saturated carbocycles. The molecule has 0 fully saturated rings. The number of nitrogens with zero attached hydrogens (tertiary/aromatic N) is 1. The fraction of sp³-hybridized carbons (Fsp3) is 0.391. The van der Waals surface area contributed by atoms with Crippen molar-refractivity contribution in [2.24, 2.45) is 0 Å². The molecule has 160 valence electrons. The van der Waals surface area contributed by atoms with Crippen LogP contribution < -0.4 is 4.74 Å². The predicted octanol–water partition coefficient (Wildman–Crippen LogP) is 4.24. The maximum atomic E-state index is 14.6. The number of rotatable bonds is 4. The normalized spacial score (nSPS) is 15.9. The molecular formula is C23H26FNO5. The van der Waals surface area contributed by atoms with Gasteiger partial charge in [-0.1, -0.05) is 36.4 Å². The average molecular weight is 415 g/mol. The van der Waals surface area contributed by atoms with E-state index >= 15 is 0 Å². The Hall–Kier alpha value is -3.09. The summed E-state index contributed by atoms with van der Waals surface area (Å²) in [5, 5.41) is 0. The van der Waals surface area contributed by atoms with Gasteiger partial charge in [-0.05, 0) is 38.0 Å². The number of halogens is 1. The zero-order valence-corrected chi connectivity index (χ0v) is 17.6. The van der Waals surface area contributed by atoms with Crippen molar-refractivity contribution >= 4 is 12.1 Å². The Morgan fingerprint density at radius 3 is 2.47 bits per heavy atom. The molecule has 1 aliphatic heterocycles. The summed E-state index contributed by atoms with van der Waals surface area (Å²) in [6.07, 6.45) is -0.553. The largest absolute Gasteiger partial charge is 0.486 e. The zero-order chi connectivity index (χ0) is 21.9. The molecule has 30 heavy (non-hydrogen) atoms. The third-order valence-corrected chi connectivity index (χ3v) is 4.75. The standard InChI is InChI=1S/C23H26FNO5/c1-23(2,3)30-22(27)25-13-16-10-11-18(24)20(17(16)12-19(25)21(26)28-4)29-14-15-8-6-5-7-9-15/h5-11,19H,12-14H2,1-4H3/t19-/m0/s1. The van der Waals surface area contributed by atoms with E-state index in [-0.39, 0.29) is 25.3 Å². The highest BCUT2D eigenvalue weighted by atomic mass is 19.1. The Balaban J connectivity index is 1.91. The molecule has 1 amide bonds. The summed E-state index contributed by atoms with van der Waals surface area (Å²) in [6, 6.07) is 11.4. The minimum absolute atomic E-state index is 0.0726. The molecule has 0 unspecified atom stereocenters. The SMILES string of the molecule is COC(=O)[C@@H]1Cc2c(ccc(F)c2OCc2ccccc2)CN1C(=O)OC(C)(C)C. The molecule has 2 aromatic rings. The zero-order valence-electron chi connectivity index (χ0n) is 17.6. The summed E-state index contributed by atoms with van der Waals surface area (Å²) in [6.45, 7) is 5.53. The van der Waals surface area contributed by atoms with Crippen LogP contribution in [-0.2, 0) is 33.8 Å². The van der Waals surface area contributed by atoms with Crippen LogP contribution in [0.5, 0.6) is 5.75 Å². The molecule has 0 spiro atoms. The van der Waals surface area contributed by atoms with Gasteiger partial charge in [0.2, 0.25) is 0 Å². The van der Waals surface area contributed by atoms with Gasteiger partial charge in [-0.3, -0.25) is 4.90 Å². The van der Waals surface area contributed by atoms with E-state index in [4.69, 9.17) is 14.2 Å². The molecule has 0 bridgehead atoms. The molecule has 0 aromatic heterocycles. The molecule has 1 aliphatic rings. The average Bonchev–Trinajstić information content (AvgIpc) is 2.71. The van der Waals surface area contributed by atoms with E-state index in [0.717, 1.165) is 5.56 Å². The van der Waals surface area contributed by atoms with Crippen molar-refractivity contribution in [2.75, 3.05) is 7.11 Å². The Morgan fingerprint density at radius 1 is 1.13 bits per heavy atom. The van der Waals surface area contributed by atoms with Gasteiger partial charge in [-0.2, -0.15) is 0 Å². The lowest BCUT2D eigenvalue weighted by atomic mass is 9.93. The summed E-state index contributed by atoms with van der Waals surface area (Å²) in [5.74, 6) is -1.02. The number of fused-ring (bicyclic) bond motifs is 1. The van der Waals surface area contributed by atoms with Gasteiger partial charge in [-0.15, -0.1) is 0 Å². The summed E-state index contributed by atoms with van der Waals surface area (Å²) >= 11 is 0. The Bertz CT molecular complexity index is 923. The van der Waals surface area contributed by atoms with Crippen LogP contribution in [0.15, 0.2) is 42.5 Å². The molecule has 0 radical (unpaired) electrons. The summed E-state index contributed by atoms with van der Waals surface area (Å²) < 4.78 is 30.8. The molecule has 0 N–H and O–H groups in total. The lowest BCUT2D eigenvalue weighted by Crippen LogP contribution is -2.50. The number of ether oxygens (including phenoxy) is 3.